The van der Waals surface area contributed by atoms with E-state index >= 15 is 0 Å². The van der Waals surface area contributed by atoms with E-state index in [0.717, 1.165) is 5.54 Å². The van der Waals surface area contributed by atoms with Crippen LogP contribution in [0.25, 0.3) is 0 Å². The number of hydrogen-bond acceptors (Lipinski definition) is 3. The first-order valence-corrected chi connectivity index (χ1v) is 3.77. The van der Waals surface area contributed by atoms with Crippen LogP contribution < -0.4 is 5.54 Å². The molecule has 0 aliphatic carbocycles. The monoisotopic (exact) mass is 196 g/mol. The Balaban J connectivity index is 2.93. The van der Waals surface area contributed by atoms with Gasteiger partial charge in [-0.1, -0.05) is 4.48 Å². The molecule has 1 aromatic rings. The predicted octanol–water partition coefficient (Wildman–Crippen LogP) is 2.04. The fourth-order valence-electron chi connectivity index (χ4n) is 0.795. The topological polar surface area (TPSA) is 41.5 Å². The minimum atomic E-state index is -0.780. The normalized spacial score (nSPS) is 8.69. The number of amides is 1. The summed E-state index contributed by atoms with van der Waals surface area (Å²) in [7, 11) is 0. The first-order valence-electron chi connectivity index (χ1n) is 3.37. The molecule has 1 amide bonds. The number of halogens is 1. The molecule has 0 heterocycles. The first kappa shape index (κ1) is 9.51. The molecule has 0 unspecified atom stereocenters. The molecule has 13 heavy (non-hydrogen) atoms. The van der Waals surface area contributed by atoms with Gasteiger partial charge in [0.25, 0.3) is 5.91 Å². The van der Waals surface area contributed by atoms with Crippen LogP contribution in [0.2, 0.25) is 0 Å². The summed E-state index contributed by atoms with van der Waals surface area (Å²) in [5, 5.41) is 2.18. The molecule has 1 N–H and O–H groups in total. The third kappa shape index (κ3) is 2.43. The molecule has 0 bridgehead atoms. The highest BCUT2D eigenvalue weighted by Gasteiger charge is 2.02. The van der Waals surface area contributed by atoms with E-state index in [9.17, 15) is 9.28 Å². The summed E-state index contributed by atoms with van der Waals surface area (Å²) >= 11 is 4.39. The Kier molecular flexibility index (Phi) is 3.25. The Bertz CT molecular complexity index is 357. The van der Waals surface area contributed by atoms with Gasteiger partial charge in [0.1, 0.15) is 0 Å². The molecule has 0 radical (unpaired) electrons. The first-order chi connectivity index (χ1) is 6.27. The average molecular weight is 196 g/mol. The highest BCUT2D eigenvalue weighted by Crippen LogP contribution is 2.11. The van der Waals surface area contributed by atoms with Gasteiger partial charge in [0.05, 0.1) is 10.8 Å². The third-order valence-electron chi connectivity index (χ3n) is 1.39. The quantitative estimate of drug-likeness (QED) is 0.446. The van der Waals surface area contributed by atoms with Crippen LogP contribution in [0.4, 0.5) is 10.2 Å². The van der Waals surface area contributed by atoms with Crippen molar-refractivity contribution in [2.45, 2.75) is 0 Å². The molecule has 0 saturated carbocycles. The lowest BCUT2D eigenvalue weighted by molar-refractivity contribution is 0.0859. The maximum atomic E-state index is 11.7. The molecule has 0 aliphatic rings. The summed E-state index contributed by atoms with van der Waals surface area (Å²) in [6.07, 6.45) is 0. The van der Waals surface area contributed by atoms with E-state index in [-0.39, 0.29) is 5.56 Å². The van der Waals surface area contributed by atoms with Gasteiger partial charge in [0.2, 0.25) is 0 Å². The van der Waals surface area contributed by atoms with Crippen molar-refractivity contribution in [3.63, 3.8) is 0 Å². The van der Waals surface area contributed by atoms with Gasteiger partial charge in [-0.2, -0.15) is 10.5 Å². The van der Waals surface area contributed by atoms with Gasteiger partial charge in [0, 0.05) is 5.56 Å². The van der Waals surface area contributed by atoms with Crippen molar-refractivity contribution < 1.29 is 9.28 Å². The van der Waals surface area contributed by atoms with Crippen molar-refractivity contribution in [1.82, 2.24) is 5.54 Å². The zero-order chi connectivity index (χ0) is 9.68. The molecule has 1 aromatic carbocycles. The number of isothiocyanates is 1. The molecule has 5 heteroatoms. The summed E-state index contributed by atoms with van der Waals surface area (Å²) < 4.78 is 11.7. The second kappa shape index (κ2) is 4.45. The van der Waals surface area contributed by atoms with Gasteiger partial charge in [0.15, 0.2) is 0 Å². The molecule has 0 aliphatic heterocycles. The van der Waals surface area contributed by atoms with E-state index in [1.807, 2.05) is 0 Å². The number of carbonyl (C=O) groups is 1. The second-order valence-corrected chi connectivity index (χ2v) is 2.36. The van der Waals surface area contributed by atoms with Crippen LogP contribution in [0.1, 0.15) is 10.4 Å². The maximum absolute atomic E-state index is 11.7. The predicted molar refractivity (Wildman–Crippen MR) is 49.7 cm³/mol. The smallest absolute Gasteiger partial charge is 0.267 e. The standard InChI is InChI=1S/C8H5FN2OS/c9-11-8(12)6-1-3-7(4-2-6)10-5-13/h1-4H,(H,11,12). The molecule has 0 fully saturated rings. The number of benzene rings is 1. The summed E-state index contributed by atoms with van der Waals surface area (Å²) in [6.45, 7) is 0. The molecule has 66 valence electrons. The summed E-state index contributed by atoms with van der Waals surface area (Å²) in [5.41, 5.74) is 1.83. The van der Waals surface area contributed by atoms with E-state index in [1.54, 1.807) is 12.1 Å². The molecular formula is C8H5FN2OS. The van der Waals surface area contributed by atoms with Crippen LogP contribution in [0.15, 0.2) is 29.3 Å². The highest BCUT2D eigenvalue weighted by atomic mass is 32.1. The van der Waals surface area contributed by atoms with Crippen molar-refractivity contribution >= 4 is 29.0 Å². The highest BCUT2D eigenvalue weighted by molar-refractivity contribution is 7.78. The Hall–Kier alpha value is -1.58. The Morgan fingerprint density at radius 2 is 2.08 bits per heavy atom. The van der Waals surface area contributed by atoms with Gasteiger partial charge in [-0.3, -0.25) is 4.79 Å². The number of aliphatic imine (C=N–C) groups is 1. The van der Waals surface area contributed by atoms with E-state index < -0.39 is 5.91 Å². The van der Waals surface area contributed by atoms with Gasteiger partial charge >= 0.3 is 0 Å². The van der Waals surface area contributed by atoms with Gasteiger partial charge < -0.3 is 0 Å². The van der Waals surface area contributed by atoms with E-state index in [0.29, 0.717) is 5.69 Å². The van der Waals surface area contributed by atoms with Crippen molar-refractivity contribution in [3.05, 3.63) is 29.8 Å². The minimum absolute atomic E-state index is 0.228. The average Bonchev–Trinajstić information content (AvgIpc) is 2.18. The van der Waals surface area contributed by atoms with Crippen LogP contribution in [0, 0.1) is 0 Å². The van der Waals surface area contributed by atoms with Crippen molar-refractivity contribution in [2.75, 3.05) is 0 Å². The second-order valence-electron chi connectivity index (χ2n) is 2.17. The molecule has 0 spiro atoms. The molecular weight excluding hydrogens is 191 g/mol. The number of thiocarbonyl (C=S) groups is 1. The number of hydrogen-bond donors (Lipinski definition) is 1. The number of rotatable bonds is 2. The van der Waals surface area contributed by atoms with Crippen LogP contribution in [-0.4, -0.2) is 11.1 Å². The third-order valence-corrected chi connectivity index (χ3v) is 1.48. The van der Waals surface area contributed by atoms with Crippen molar-refractivity contribution in [2.24, 2.45) is 4.99 Å². The molecule has 0 atom stereocenters. The van der Waals surface area contributed by atoms with Crippen LogP contribution in [0.5, 0.6) is 0 Å². The van der Waals surface area contributed by atoms with Crippen LogP contribution in [0.3, 0.4) is 0 Å². The van der Waals surface area contributed by atoms with Gasteiger partial charge in [-0.25, -0.2) is 0 Å². The van der Waals surface area contributed by atoms with E-state index in [2.05, 4.69) is 22.4 Å². The lowest BCUT2D eigenvalue weighted by atomic mass is 10.2. The van der Waals surface area contributed by atoms with Gasteiger partial charge in [-0.15, -0.1) is 0 Å². The number of nitrogens with one attached hydrogen (secondary N) is 1. The fraction of sp³-hybridized carbons (Fsp3) is 0. The van der Waals surface area contributed by atoms with Crippen LogP contribution >= 0.6 is 12.2 Å². The molecule has 0 aromatic heterocycles. The summed E-state index contributed by atoms with van der Waals surface area (Å²) in [4.78, 5) is 14.4. The van der Waals surface area contributed by atoms with Crippen molar-refractivity contribution in [3.8, 4) is 0 Å². The molecule has 0 saturated heterocycles. The maximum Gasteiger partial charge on any atom is 0.278 e. The fourth-order valence-corrected chi connectivity index (χ4v) is 0.900. The summed E-state index contributed by atoms with van der Waals surface area (Å²) in [5.74, 6) is -0.780. The number of nitrogens with zero attached hydrogens (tertiary/aromatic N) is 1. The largest absolute Gasteiger partial charge is 0.278 e. The van der Waals surface area contributed by atoms with Crippen molar-refractivity contribution in [1.29, 1.82) is 0 Å². The van der Waals surface area contributed by atoms with Gasteiger partial charge in [-0.05, 0) is 36.5 Å². The zero-order valence-corrected chi connectivity index (χ0v) is 7.27. The van der Waals surface area contributed by atoms with E-state index in [1.165, 1.54) is 12.1 Å². The summed E-state index contributed by atoms with van der Waals surface area (Å²) in [6, 6.07) is 5.98. The molecule has 1 rings (SSSR count). The lowest BCUT2D eigenvalue weighted by Crippen LogP contribution is -2.12. The zero-order valence-electron chi connectivity index (χ0n) is 6.45. The SMILES string of the molecule is O=C(NF)c1ccc(N=C=S)cc1. The Morgan fingerprint density at radius 3 is 2.54 bits per heavy atom. The Labute approximate surface area is 79.2 Å². The minimum Gasteiger partial charge on any atom is -0.267 e. The number of carbonyl (C=O) groups excluding carboxylic acids is 1. The van der Waals surface area contributed by atoms with E-state index in [4.69, 9.17) is 0 Å². The lowest BCUT2D eigenvalue weighted by Gasteiger charge is -1.96. The Morgan fingerprint density at radius 1 is 1.46 bits per heavy atom. The molecule has 3 nitrogen and oxygen atoms in total. The van der Waals surface area contributed by atoms with Crippen LogP contribution in [-0.2, 0) is 0 Å².